The third-order valence-electron chi connectivity index (χ3n) is 3.43. The fourth-order valence-electron chi connectivity index (χ4n) is 2.20. The molecule has 0 radical (unpaired) electrons. The molecular formula is C18H22N2O2. The lowest BCUT2D eigenvalue weighted by Crippen LogP contribution is -2.39. The number of carbonyl (C=O) groups excluding carboxylic acids is 1. The Kier molecular flexibility index (Phi) is 5.42. The van der Waals surface area contributed by atoms with Crippen LogP contribution < -0.4 is 10.1 Å². The highest BCUT2D eigenvalue weighted by molar-refractivity contribution is 5.91. The summed E-state index contributed by atoms with van der Waals surface area (Å²) in [5.74, 6) is 0.652. The van der Waals surface area contributed by atoms with Crippen molar-refractivity contribution < 1.29 is 9.53 Å². The lowest BCUT2D eigenvalue weighted by molar-refractivity contribution is 0.193. The number of hydrogen-bond donors (Lipinski definition) is 1. The molecule has 4 nitrogen and oxygen atoms in total. The molecule has 0 atom stereocenters. The van der Waals surface area contributed by atoms with Crippen molar-refractivity contribution in [3.05, 3.63) is 60.2 Å². The first kappa shape index (κ1) is 15.9. The summed E-state index contributed by atoms with van der Waals surface area (Å²) in [4.78, 5) is 14.4. The first-order valence-corrected chi connectivity index (χ1v) is 7.36. The molecule has 0 saturated carbocycles. The summed E-state index contributed by atoms with van der Waals surface area (Å²) in [5, 5.41) is 2.93. The standard InChI is InChI=1S/C18H22N2O2/c1-14(2)20(13-15-9-5-4-6-10-15)18(21)19-16-11-7-8-12-17(16)22-3/h4-12,14H,13H2,1-3H3,(H,19,21). The molecule has 2 rings (SSSR count). The number of methoxy groups -OCH3 is 1. The van der Waals surface area contributed by atoms with Crippen LogP contribution >= 0.6 is 0 Å². The number of nitrogens with zero attached hydrogens (tertiary/aromatic N) is 1. The third kappa shape index (κ3) is 4.01. The molecule has 0 bridgehead atoms. The second-order valence-corrected chi connectivity index (χ2v) is 5.34. The summed E-state index contributed by atoms with van der Waals surface area (Å²) in [6, 6.07) is 17.3. The van der Waals surface area contributed by atoms with Crippen LogP contribution in [0.5, 0.6) is 5.75 Å². The minimum absolute atomic E-state index is 0.0925. The second kappa shape index (κ2) is 7.50. The molecule has 22 heavy (non-hydrogen) atoms. The van der Waals surface area contributed by atoms with Crippen LogP contribution in [0.15, 0.2) is 54.6 Å². The summed E-state index contributed by atoms with van der Waals surface area (Å²) in [6.45, 7) is 4.58. The Hall–Kier alpha value is -2.49. The van der Waals surface area contributed by atoms with E-state index < -0.39 is 0 Å². The monoisotopic (exact) mass is 298 g/mol. The number of hydrogen-bond acceptors (Lipinski definition) is 2. The van der Waals surface area contributed by atoms with Gasteiger partial charge in [-0.05, 0) is 31.5 Å². The predicted molar refractivity (Wildman–Crippen MR) is 89.1 cm³/mol. The van der Waals surface area contributed by atoms with Gasteiger partial charge in [0.15, 0.2) is 0 Å². The Morgan fingerprint density at radius 2 is 1.73 bits per heavy atom. The number of rotatable bonds is 5. The summed E-state index contributed by atoms with van der Waals surface area (Å²) >= 11 is 0. The van der Waals surface area contributed by atoms with E-state index in [-0.39, 0.29) is 12.1 Å². The van der Waals surface area contributed by atoms with Crippen molar-refractivity contribution >= 4 is 11.7 Å². The van der Waals surface area contributed by atoms with Gasteiger partial charge in [0.05, 0.1) is 12.8 Å². The van der Waals surface area contributed by atoms with Gasteiger partial charge in [-0.3, -0.25) is 0 Å². The maximum Gasteiger partial charge on any atom is 0.322 e. The molecule has 0 unspecified atom stereocenters. The first-order valence-electron chi connectivity index (χ1n) is 7.36. The van der Waals surface area contributed by atoms with Crippen LogP contribution in [0.1, 0.15) is 19.4 Å². The van der Waals surface area contributed by atoms with Gasteiger partial charge in [-0.1, -0.05) is 42.5 Å². The maximum absolute atomic E-state index is 12.6. The number of carbonyl (C=O) groups is 1. The number of benzene rings is 2. The maximum atomic E-state index is 12.6. The minimum Gasteiger partial charge on any atom is -0.495 e. The van der Waals surface area contributed by atoms with E-state index in [9.17, 15) is 4.79 Å². The van der Waals surface area contributed by atoms with Gasteiger partial charge in [0.25, 0.3) is 0 Å². The molecule has 0 spiro atoms. The normalized spacial score (nSPS) is 10.4. The first-order chi connectivity index (χ1) is 10.6. The zero-order chi connectivity index (χ0) is 15.9. The third-order valence-corrected chi connectivity index (χ3v) is 3.43. The minimum atomic E-state index is -0.136. The van der Waals surface area contributed by atoms with Gasteiger partial charge in [0, 0.05) is 12.6 Å². The topological polar surface area (TPSA) is 41.6 Å². The Morgan fingerprint density at radius 1 is 1.09 bits per heavy atom. The van der Waals surface area contributed by atoms with Crippen molar-refractivity contribution in [2.24, 2.45) is 0 Å². The van der Waals surface area contributed by atoms with E-state index in [4.69, 9.17) is 4.74 Å². The summed E-state index contributed by atoms with van der Waals surface area (Å²) < 4.78 is 5.27. The van der Waals surface area contributed by atoms with Crippen LogP contribution in [0.2, 0.25) is 0 Å². The van der Waals surface area contributed by atoms with Crippen molar-refractivity contribution in [2.75, 3.05) is 12.4 Å². The van der Waals surface area contributed by atoms with Crippen LogP contribution in [0, 0.1) is 0 Å². The lowest BCUT2D eigenvalue weighted by atomic mass is 10.2. The highest BCUT2D eigenvalue weighted by Crippen LogP contribution is 2.24. The Balaban J connectivity index is 2.13. The van der Waals surface area contributed by atoms with Crippen LogP contribution in [0.25, 0.3) is 0 Å². The molecule has 0 saturated heterocycles. The Morgan fingerprint density at radius 3 is 2.36 bits per heavy atom. The summed E-state index contributed by atoms with van der Waals surface area (Å²) in [6.07, 6.45) is 0. The number of nitrogens with one attached hydrogen (secondary N) is 1. The molecule has 2 aromatic rings. The SMILES string of the molecule is COc1ccccc1NC(=O)N(Cc1ccccc1)C(C)C. The van der Waals surface area contributed by atoms with Crippen molar-refractivity contribution in [3.63, 3.8) is 0 Å². The van der Waals surface area contributed by atoms with E-state index in [1.807, 2.05) is 68.4 Å². The van der Waals surface area contributed by atoms with Crippen LogP contribution in [0.3, 0.4) is 0 Å². The van der Waals surface area contributed by atoms with Gasteiger partial charge in [-0.15, -0.1) is 0 Å². The van der Waals surface area contributed by atoms with Gasteiger partial charge in [-0.2, -0.15) is 0 Å². The van der Waals surface area contributed by atoms with Gasteiger partial charge in [-0.25, -0.2) is 4.79 Å². The zero-order valence-electron chi connectivity index (χ0n) is 13.2. The van der Waals surface area contributed by atoms with E-state index in [1.54, 1.807) is 12.0 Å². The molecule has 0 aliphatic heterocycles. The summed E-state index contributed by atoms with van der Waals surface area (Å²) in [5.41, 5.74) is 1.78. The molecular weight excluding hydrogens is 276 g/mol. The van der Waals surface area contributed by atoms with Crippen LogP contribution in [-0.2, 0) is 6.54 Å². The quantitative estimate of drug-likeness (QED) is 0.901. The van der Waals surface area contributed by atoms with E-state index in [0.717, 1.165) is 5.56 Å². The fraction of sp³-hybridized carbons (Fsp3) is 0.278. The molecule has 0 heterocycles. The lowest BCUT2D eigenvalue weighted by Gasteiger charge is -2.27. The zero-order valence-corrected chi connectivity index (χ0v) is 13.2. The number of amides is 2. The molecule has 1 N–H and O–H groups in total. The van der Waals surface area contributed by atoms with Gasteiger partial charge < -0.3 is 15.0 Å². The van der Waals surface area contributed by atoms with Crippen molar-refractivity contribution in [1.82, 2.24) is 4.90 Å². The molecule has 0 fully saturated rings. The molecule has 116 valence electrons. The van der Waals surface area contributed by atoms with Crippen LogP contribution in [0.4, 0.5) is 10.5 Å². The highest BCUT2D eigenvalue weighted by atomic mass is 16.5. The number of para-hydroxylation sites is 2. The van der Waals surface area contributed by atoms with Gasteiger partial charge >= 0.3 is 6.03 Å². The molecule has 2 aromatic carbocycles. The van der Waals surface area contributed by atoms with E-state index in [2.05, 4.69) is 5.32 Å². The molecule has 0 aromatic heterocycles. The van der Waals surface area contributed by atoms with E-state index >= 15 is 0 Å². The van der Waals surface area contributed by atoms with Crippen LogP contribution in [-0.4, -0.2) is 24.1 Å². The van der Waals surface area contributed by atoms with Gasteiger partial charge in [0.2, 0.25) is 0 Å². The smallest absolute Gasteiger partial charge is 0.322 e. The van der Waals surface area contributed by atoms with Crippen molar-refractivity contribution in [1.29, 1.82) is 0 Å². The highest BCUT2D eigenvalue weighted by Gasteiger charge is 2.18. The Bertz CT molecular complexity index is 611. The molecule has 0 aliphatic carbocycles. The number of urea groups is 1. The predicted octanol–water partition coefficient (Wildman–Crippen LogP) is 4.14. The second-order valence-electron chi connectivity index (χ2n) is 5.34. The number of ether oxygens (including phenoxy) is 1. The average Bonchev–Trinajstić information content (AvgIpc) is 2.53. The number of anilines is 1. The average molecular weight is 298 g/mol. The summed E-state index contributed by atoms with van der Waals surface area (Å²) in [7, 11) is 1.59. The largest absolute Gasteiger partial charge is 0.495 e. The van der Waals surface area contributed by atoms with E-state index in [0.29, 0.717) is 18.0 Å². The molecule has 2 amide bonds. The van der Waals surface area contributed by atoms with E-state index in [1.165, 1.54) is 0 Å². The fourth-order valence-corrected chi connectivity index (χ4v) is 2.20. The van der Waals surface area contributed by atoms with Crippen molar-refractivity contribution in [3.8, 4) is 5.75 Å². The molecule has 4 heteroatoms. The van der Waals surface area contributed by atoms with Gasteiger partial charge in [0.1, 0.15) is 5.75 Å². The van der Waals surface area contributed by atoms with Crippen molar-refractivity contribution in [2.45, 2.75) is 26.4 Å². The Labute approximate surface area is 131 Å². The molecule has 0 aliphatic rings.